The topological polar surface area (TPSA) is 146 Å². The minimum Gasteiger partial charge on any atom is -0.370 e. The van der Waals surface area contributed by atoms with Gasteiger partial charge in [-0.3, -0.25) is 10.1 Å². The molecule has 0 amide bonds. The van der Waals surface area contributed by atoms with E-state index in [-0.39, 0.29) is 28.7 Å². The van der Waals surface area contributed by atoms with E-state index in [1.165, 1.54) is 6.07 Å². The minimum atomic E-state index is -0.526. The third kappa shape index (κ3) is 4.42. The van der Waals surface area contributed by atoms with E-state index in [1.807, 2.05) is 20.8 Å². The normalized spacial score (nSPS) is 12.1. The number of hydrogen-bond acceptors (Lipinski definition) is 3. The zero-order valence-electron chi connectivity index (χ0n) is 11.9. The Bertz CT molecular complexity index is 629. The maximum Gasteiger partial charge on any atom is 0.296 e. The monoisotopic (exact) mass is 356 g/mol. The Kier molecular flexibility index (Phi) is 4.89. The molecular weight excluding hydrogens is 340 g/mol. The summed E-state index contributed by atoms with van der Waals surface area (Å²) in [6.45, 7) is 5.86. The van der Waals surface area contributed by atoms with Crippen molar-refractivity contribution in [2.75, 3.05) is 0 Å². The Morgan fingerprint density at radius 2 is 1.86 bits per heavy atom. The van der Waals surface area contributed by atoms with Gasteiger partial charge in [0.2, 0.25) is 5.96 Å². The van der Waals surface area contributed by atoms with E-state index in [9.17, 15) is 10.1 Å². The van der Waals surface area contributed by atoms with E-state index in [4.69, 9.17) is 17.2 Å². The van der Waals surface area contributed by atoms with Gasteiger partial charge in [0.15, 0.2) is 11.6 Å². The molecule has 0 bridgehead atoms. The van der Waals surface area contributed by atoms with Crippen molar-refractivity contribution in [3.8, 4) is 0 Å². The van der Waals surface area contributed by atoms with E-state index in [0.717, 1.165) is 5.56 Å². The van der Waals surface area contributed by atoms with E-state index < -0.39 is 4.92 Å². The van der Waals surface area contributed by atoms with Crippen LogP contribution in [0.5, 0.6) is 0 Å². The lowest BCUT2D eigenvalue weighted by Gasteiger charge is -2.19. The SMILES string of the molecule is CC(C)(C)c1cc(Br)c(N=C(N)N=C(N)N)c([N+](=O)[O-])c1. The van der Waals surface area contributed by atoms with Crippen LogP contribution in [0.3, 0.4) is 0 Å². The highest BCUT2D eigenvalue weighted by Gasteiger charge is 2.23. The number of nitro benzene ring substituents is 1. The van der Waals surface area contributed by atoms with Crippen molar-refractivity contribution < 1.29 is 4.92 Å². The molecule has 0 radical (unpaired) electrons. The molecule has 0 aliphatic carbocycles. The van der Waals surface area contributed by atoms with Crippen LogP contribution in [0.1, 0.15) is 26.3 Å². The molecule has 114 valence electrons. The molecule has 0 heterocycles. The maximum atomic E-state index is 11.2. The number of nitrogens with zero attached hydrogens (tertiary/aromatic N) is 3. The van der Waals surface area contributed by atoms with E-state index >= 15 is 0 Å². The van der Waals surface area contributed by atoms with Crippen LogP contribution in [-0.4, -0.2) is 16.8 Å². The van der Waals surface area contributed by atoms with Gasteiger partial charge < -0.3 is 17.2 Å². The summed E-state index contributed by atoms with van der Waals surface area (Å²) in [5.74, 6) is -0.538. The van der Waals surface area contributed by atoms with Gasteiger partial charge in [-0.25, -0.2) is 4.99 Å². The lowest BCUT2D eigenvalue weighted by molar-refractivity contribution is -0.384. The van der Waals surface area contributed by atoms with E-state index in [1.54, 1.807) is 6.07 Å². The molecule has 0 saturated heterocycles. The summed E-state index contributed by atoms with van der Waals surface area (Å²) in [5, 5.41) is 11.2. The van der Waals surface area contributed by atoms with Gasteiger partial charge in [-0.1, -0.05) is 20.8 Å². The van der Waals surface area contributed by atoms with Gasteiger partial charge in [-0.2, -0.15) is 4.99 Å². The zero-order chi connectivity index (χ0) is 16.4. The van der Waals surface area contributed by atoms with Gasteiger partial charge in [-0.15, -0.1) is 0 Å². The molecule has 0 saturated carbocycles. The second-order valence-electron chi connectivity index (χ2n) is 5.34. The molecule has 0 aromatic heterocycles. The molecule has 8 nitrogen and oxygen atoms in total. The Balaban J connectivity index is 3.53. The Labute approximate surface area is 130 Å². The van der Waals surface area contributed by atoms with Crippen LogP contribution in [-0.2, 0) is 5.41 Å². The average Bonchev–Trinajstić information content (AvgIpc) is 2.28. The highest BCUT2D eigenvalue weighted by Crippen LogP contribution is 2.39. The predicted molar refractivity (Wildman–Crippen MR) is 86.6 cm³/mol. The summed E-state index contributed by atoms with van der Waals surface area (Å²) in [7, 11) is 0. The Hall–Kier alpha value is -2.16. The second kappa shape index (κ2) is 6.08. The molecule has 1 rings (SSSR count). The van der Waals surface area contributed by atoms with Crippen molar-refractivity contribution in [1.82, 2.24) is 0 Å². The summed E-state index contributed by atoms with van der Waals surface area (Å²) in [6.07, 6.45) is 0. The fourth-order valence-electron chi connectivity index (χ4n) is 1.54. The largest absolute Gasteiger partial charge is 0.370 e. The number of halogens is 1. The minimum absolute atomic E-state index is 0.0653. The molecule has 1 aromatic rings. The van der Waals surface area contributed by atoms with Crippen molar-refractivity contribution in [3.63, 3.8) is 0 Å². The lowest BCUT2D eigenvalue weighted by Crippen LogP contribution is -2.26. The van der Waals surface area contributed by atoms with Gasteiger partial charge in [0.1, 0.15) is 0 Å². The number of benzene rings is 1. The molecule has 6 N–H and O–H groups in total. The Morgan fingerprint density at radius 3 is 2.29 bits per heavy atom. The first-order valence-electron chi connectivity index (χ1n) is 5.94. The zero-order valence-corrected chi connectivity index (χ0v) is 13.5. The molecule has 0 aliphatic heterocycles. The van der Waals surface area contributed by atoms with Crippen LogP contribution in [0.2, 0.25) is 0 Å². The highest BCUT2D eigenvalue weighted by molar-refractivity contribution is 9.10. The van der Waals surface area contributed by atoms with Gasteiger partial charge in [-0.05, 0) is 33.0 Å². The van der Waals surface area contributed by atoms with Crippen molar-refractivity contribution in [2.24, 2.45) is 27.2 Å². The molecular formula is C12H17BrN6O2. The summed E-state index contributed by atoms with van der Waals surface area (Å²) in [4.78, 5) is 18.2. The molecule has 0 fully saturated rings. The van der Waals surface area contributed by atoms with E-state index in [2.05, 4.69) is 25.9 Å². The van der Waals surface area contributed by atoms with Crippen molar-refractivity contribution in [3.05, 3.63) is 32.3 Å². The Morgan fingerprint density at radius 1 is 1.29 bits per heavy atom. The summed E-state index contributed by atoms with van der Waals surface area (Å²) in [6, 6.07) is 3.22. The van der Waals surface area contributed by atoms with Crippen LogP contribution in [0, 0.1) is 10.1 Å². The maximum absolute atomic E-state index is 11.2. The lowest BCUT2D eigenvalue weighted by atomic mass is 9.86. The van der Waals surface area contributed by atoms with Crippen LogP contribution >= 0.6 is 15.9 Å². The summed E-state index contributed by atoms with van der Waals surface area (Å²) in [5.41, 5.74) is 16.3. The van der Waals surface area contributed by atoms with Gasteiger partial charge in [0, 0.05) is 6.07 Å². The highest BCUT2D eigenvalue weighted by atomic mass is 79.9. The molecule has 21 heavy (non-hydrogen) atoms. The summed E-state index contributed by atoms with van der Waals surface area (Å²) >= 11 is 3.28. The van der Waals surface area contributed by atoms with Crippen molar-refractivity contribution >= 4 is 39.2 Å². The van der Waals surface area contributed by atoms with Crippen LogP contribution in [0.25, 0.3) is 0 Å². The number of hydrogen-bond donors (Lipinski definition) is 3. The molecule has 1 aromatic carbocycles. The first-order chi connectivity index (χ1) is 9.52. The first-order valence-corrected chi connectivity index (χ1v) is 6.74. The fraction of sp³-hybridized carbons (Fsp3) is 0.333. The number of guanidine groups is 2. The molecule has 0 aliphatic rings. The number of nitrogens with two attached hydrogens (primary N) is 3. The van der Waals surface area contributed by atoms with Gasteiger partial charge >= 0.3 is 0 Å². The number of nitro groups is 1. The third-order valence-corrected chi connectivity index (χ3v) is 3.18. The third-order valence-electron chi connectivity index (χ3n) is 2.58. The quantitative estimate of drug-likeness (QED) is 0.320. The molecule has 0 atom stereocenters. The summed E-state index contributed by atoms with van der Waals surface area (Å²) < 4.78 is 0.440. The predicted octanol–water partition coefficient (Wildman–Crippen LogP) is 1.87. The fourth-order valence-corrected chi connectivity index (χ4v) is 2.08. The average molecular weight is 357 g/mol. The van der Waals surface area contributed by atoms with Gasteiger partial charge in [0.25, 0.3) is 5.69 Å². The number of rotatable bonds is 2. The van der Waals surface area contributed by atoms with E-state index in [0.29, 0.717) is 4.47 Å². The van der Waals surface area contributed by atoms with Crippen molar-refractivity contribution in [2.45, 2.75) is 26.2 Å². The smallest absolute Gasteiger partial charge is 0.296 e. The van der Waals surface area contributed by atoms with Crippen molar-refractivity contribution in [1.29, 1.82) is 0 Å². The standard InChI is InChI=1S/C12H17BrN6O2/c1-12(2,3)6-4-7(13)9(8(5-6)19(20)21)17-11(16)18-10(14)15/h4-5H,1-3H3,(H6,14,15,16,17,18). The first kappa shape index (κ1) is 16.9. The second-order valence-corrected chi connectivity index (χ2v) is 6.19. The molecule has 0 spiro atoms. The number of aliphatic imine (C=N–C) groups is 2. The van der Waals surface area contributed by atoms with Gasteiger partial charge in [0.05, 0.1) is 9.40 Å². The van der Waals surface area contributed by atoms with Crippen LogP contribution in [0.4, 0.5) is 11.4 Å². The van der Waals surface area contributed by atoms with Crippen LogP contribution < -0.4 is 17.2 Å². The molecule has 0 unspecified atom stereocenters. The molecule has 9 heteroatoms. The van der Waals surface area contributed by atoms with Crippen LogP contribution in [0.15, 0.2) is 26.6 Å².